The highest BCUT2D eigenvalue weighted by Gasteiger charge is 2.28. The van der Waals surface area contributed by atoms with E-state index in [4.69, 9.17) is 15.9 Å². The van der Waals surface area contributed by atoms with E-state index < -0.39 is 22.5 Å². The van der Waals surface area contributed by atoms with Crippen LogP contribution in [0.3, 0.4) is 0 Å². The minimum Gasteiger partial charge on any atom is -0.465 e. The number of amidine groups is 1. The molecule has 0 aliphatic heterocycles. The number of fused-ring (bicyclic) bond motifs is 1. The summed E-state index contributed by atoms with van der Waals surface area (Å²) in [6, 6.07) is 20.0. The van der Waals surface area contributed by atoms with Crippen molar-refractivity contribution in [3.8, 4) is 0 Å². The van der Waals surface area contributed by atoms with Crippen molar-refractivity contribution < 1.29 is 22.7 Å². The van der Waals surface area contributed by atoms with Crippen molar-refractivity contribution in [2.75, 3.05) is 17.5 Å². The van der Waals surface area contributed by atoms with Gasteiger partial charge in [-0.05, 0) is 49.2 Å². The van der Waals surface area contributed by atoms with Gasteiger partial charge in [0.05, 0.1) is 17.2 Å². The Bertz CT molecular complexity index is 1630. The molecule has 0 aliphatic rings. The molecule has 40 heavy (non-hydrogen) atoms. The van der Waals surface area contributed by atoms with E-state index in [1.54, 1.807) is 61.7 Å². The molecule has 11 heteroatoms. The number of hydrogen-bond acceptors (Lipinski definition) is 6. The van der Waals surface area contributed by atoms with Crippen molar-refractivity contribution in [2.24, 2.45) is 12.8 Å². The Labute approximate surface area is 239 Å². The smallest absolute Gasteiger partial charge is 0.326 e. The quantitative estimate of drug-likeness (QED) is 0.116. The van der Waals surface area contributed by atoms with Crippen LogP contribution < -0.4 is 10.0 Å². The first-order valence-electron chi connectivity index (χ1n) is 12.4. The summed E-state index contributed by atoms with van der Waals surface area (Å²) < 4.78 is 35.0. The fourth-order valence-electron chi connectivity index (χ4n) is 4.36. The Balaban J connectivity index is 0.00000441. The Hall–Kier alpha value is -4.15. The van der Waals surface area contributed by atoms with Gasteiger partial charge in [0.25, 0.3) is 10.0 Å². The largest absolute Gasteiger partial charge is 0.465 e. The van der Waals surface area contributed by atoms with Crippen molar-refractivity contribution in [2.45, 2.75) is 24.7 Å². The summed E-state index contributed by atoms with van der Waals surface area (Å²) in [5.41, 5.74) is 8.52. The Morgan fingerprint density at radius 2 is 1.70 bits per heavy atom. The van der Waals surface area contributed by atoms with E-state index in [9.17, 15) is 18.0 Å². The second-order valence-electron chi connectivity index (χ2n) is 9.02. The van der Waals surface area contributed by atoms with Crippen LogP contribution in [-0.4, -0.2) is 43.7 Å². The number of hydrogen-bond donors (Lipinski definition) is 2. The van der Waals surface area contributed by atoms with Crippen LogP contribution in [0.4, 0.5) is 5.69 Å². The number of nitrogens with zero attached hydrogens (tertiary/aromatic N) is 2. The molecule has 0 fully saturated rings. The summed E-state index contributed by atoms with van der Waals surface area (Å²) >= 11 is 0. The average Bonchev–Trinajstić information content (AvgIpc) is 3.26. The molecule has 4 rings (SSSR count). The molecule has 0 spiro atoms. The van der Waals surface area contributed by atoms with Crippen molar-refractivity contribution in [1.29, 1.82) is 5.41 Å². The number of aromatic nitrogens is 1. The molecule has 4 aromatic rings. The molecule has 0 atom stereocenters. The molecule has 0 saturated carbocycles. The summed E-state index contributed by atoms with van der Waals surface area (Å²) in [4.78, 5) is 25.8. The lowest BCUT2D eigenvalue weighted by Gasteiger charge is -2.24. The molecule has 9 nitrogen and oxygen atoms in total. The van der Waals surface area contributed by atoms with Crippen LogP contribution in [0.1, 0.15) is 34.8 Å². The molecule has 3 N–H and O–H groups in total. The highest BCUT2D eigenvalue weighted by molar-refractivity contribution is 7.92. The number of esters is 1. The number of benzene rings is 3. The van der Waals surface area contributed by atoms with E-state index in [0.717, 1.165) is 15.4 Å². The lowest BCUT2D eigenvalue weighted by atomic mass is 10.0. The Morgan fingerprint density at radius 3 is 2.33 bits per heavy atom. The second kappa shape index (κ2) is 12.8. The van der Waals surface area contributed by atoms with Gasteiger partial charge in [-0.2, -0.15) is 0 Å². The van der Waals surface area contributed by atoms with E-state index in [1.165, 1.54) is 12.1 Å². The van der Waals surface area contributed by atoms with Crippen molar-refractivity contribution in [1.82, 2.24) is 4.57 Å². The third-order valence-corrected chi connectivity index (χ3v) is 8.16. The summed E-state index contributed by atoms with van der Waals surface area (Å²) in [5, 5.41) is 8.10. The summed E-state index contributed by atoms with van der Waals surface area (Å²) in [5.74, 6) is -0.802. The number of carbonyl (C=O) groups excluding carboxylic acids is 2. The minimum absolute atomic E-state index is 0. The van der Waals surface area contributed by atoms with Crippen LogP contribution in [0.5, 0.6) is 0 Å². The van der Waals surface area contributed by atoms with Gasteiger partial charge in [-0.3, -0.25) is 19.3 Å². The van der Waals surface area contributed by atoms with Gasteiger partial charge in [0.1, 0.15) is 12.4 Å². The van der Waals surface area contributed by atoms with E-state index in [2.05, 4.69) is 0 Å². The molecule has 1 aromatic heterocycles. The van der Waals surface area contributed by atoms with Crippen LogP contribution in [-0.2, 0) is 33.0 Å². The number of halogens is 1. The normalized spacial score (nSPS) is 11.1. The van der Waals surface area contributed by atoms with Crippen molar-refractivity contribution in [3.05, 3.63) is 95.7 Å². The Kier molecular flexibility index (Phi) is 9.73. The average molecular weight is 583 g/mol. The minimum atomic E-state index is -4.10. The van der Waals surface area contributed by atoms with Gasteiger partial charge in [-0.25, -0.2) is 8.42 Å². The van der Waals surface area contributed by atoms with Crippen LogP contribution in [0, 0.1) is 5.41 Å². The molecule has 1 heterocycles. The van der Waals surface area contributed by atoms with Gasteiger partial charge < -0.3 is 15.0 Å². The maximum atomic E-state index is 13.6. The van der Waals surface area contributed by atoms with Crippen LogP contribution in [0.25, 0.3) is 10.9 Å². The highest BCUT2D eigenvalue weighted by atomic mass is 35.5. The van der Waals surface area contributed by atoms with Crippen LogP contribution in [0.2, 0.25) is 0 Å². The molecule has 0 saturated heterocycles. The monoisotopic (exact) mass is 582 g/mol. The first-order chi connectivity index (χ1) is 18.6. The fraction of sp³-hybridized carbons (Fsp3) is 0.207. The number of rotatable bonds is 11. The third-order valence-electron chi connectivity index (χ3n) is 6.38. The van der Waals surface area contributed by atoms with E-state index in [1.807, 2.05) is 23.7 Å². The number of nitrogens with two attached hydrogens (primary N) is 1. The highest BCUT2D eigenvalue weighted by Crippen LogP contribution is 2.30. The second-order valence-corrected chi connectivity index (χ2v) is 10.9. The van der Waals surface area contributed by atoms with Gasteiger partial charge in [0.15, 0.2) is 5.78 Å². The number of aryl methyl sites for hydroxylation is 2. The number of ketones is 1. The number of ether oxygens (including phenoxy) is 1. The van der Waals surface area contributed by atoms with Crippen molar-refractivity contribution >= 4 is 56.6 Å². The molecule has 0 radical (unpaired) electrons. The fourth-order valence-corrected chi connectivity index (χ4v) is 5.78. The topological polar surface area (TPSA) is 136 Å². The van der Waals surface area contributed by atoms with Gasteiger partial charge >= 0.3 is 5.97 Å². The molecule has 210 valence electrons. The van der Waals surface area contributed by atoms with E-state index in [0.29, 0.717) is 22.9 Å². The number of Topliss-reactive ketones (excluding diaryl/α,β-unsaturated/α-hetero) is 1. The zero-order valence-corrected chi connectivity index (χ0v) is 23.8. The first kappa shape index (κ1) is 30.4. The van der Waals surface area contributed by atoms with Gasteiger partial charge in [-0.15, -0.1) is 12.4 Å². The number of carbonyl (C=O) groups is 2. The molecule has 0 unspecified atom stereocenters. The number of sulfonamides is 1. The maximum absolute atomic E-state index is 13.6. The van der Waals surface area contributed by atoms with Gasteiger partial charge in [0.2, 0.25) is 0 Å². The zero-order valence-electron chi connectivity index (χ0n) is 22.2. The molecule has 0 bridgehead atoms. The van der Waals surface area contributed by atoms with Crippen molar-refractivity contribution in [3.63, 3.8) is 0 Å². The van der Waals surface area contributed by atoms with Gasteiger partial charge in [0, 0.05) is 41.7 Å². The number of anilines is 1. The predicted molar refractivity (Wildman–Crippen MR) is 158 cm³/mol. The Morgan fingerprint density at radius 1 is 1.02 bits per heavy atom. The number of nitrogens with one attached hydrogen (secondary N) is 1. The molecule has 0 amide bonds. The lowest BCUT2D eigenvalue weighted by molar-refractivity contribution is -0.141. The van der Waals surface area contributed by atoms with Crippen LogP contribution in [0.15, 0.2) is 83.9 Å². The van der Waals surface area contributed by atoms with E-state index >= 15 is 0 Å². The lowest BCUT2D eigenvalue weighted by Crippen LogP contribution is -2.36. The van der Waals surface area contributed by atoms with Gasteiger partial charge in [-0.1, -0.05) is 42.5 Å². The van der Waals surface area contributed by atoms with Crippen LogP contribution >= 0.6 is 12.4 Å². The summed E-state index contributed by atoms with van der Waals surface area (Å²) in [6.07, 6.45) is 2.46. The molecule has 0 aliphatic carbocycles. The zero-order chi connectivity index (χ0) is 28.2. The summed E-state index contributed by atoms with van der Waals surface area (Å²) in [6.45, 7) is 1.26. The molecule has 3 aromatic carbocycles. The standard InChI is InChI=1S/C29H30N4O5S.ClH/c1-3-38-28(35)19-33(39(36,37)23-7-5-4-6-8-23)22-14-15-26-24(17-22)25(18-32(26)2)27(34)16-11-20-9-12-21(13-10-20)29(30)31;/h4-10,12-15,17-18H,3,11,16,19H2,1-2H3,(H3,30,31);1H. The predicted octanol–water partition coefficient (Wildman–Crippen LogP) is 4.46. The third kappa shape index (κ3) is 6.52. The SMILES string of the molecule is CCOC(=O)CN(c1ccc2c(c1)c(C(=O)CCc1ccc(C(=N)N)cc1)cn2C)S(=O)(=O)c1ccccc1.Cl. The summed E-state index contributed by atoms with van der Waals surface area (Å²) in [7, 11) is -2.29. The van der Waals surface area contributed by atoms with E-state index in [-0.39, 0.29) is 47.6 Å². The molecular weight excluding hydrogens is 552 g/mol. The maximum Gasteiger partial charge on any atom is 0.326 e. The molecular formula is C29H31ClN4O5S. The number of nitrogen functional groups attached to an aromatic ring is 1. The first-order valence-corrected chi connectivity index (χ1v) is 13.8.